The summed E-state index contributed by atoms with van der Waals surface area (Å²) < 4.78 is 2.22. The second-order valence-corrected chi connectivity index (χ2v) is 5.42. The molecule has 3 rings (SSSR count). The molecule has 2 aromatic carbocycles. The Labute approximate surface area is 143 Å². The van der Waals surface area contributed by atoms with Gasteiger partial charge in [0.2, 0.25) is 0 Å². The second-order valence-electron chi connectivity index (χ2n) is 5.42. The first kappa shape index (κ1) is 16.4. The van der Waals surface area contributed by atoms with E-state index in [1.165, 1.54) is 16.7 Å². The molecular weight excluding hydrogens is 334 g/mol. The summed E-state index contributed by atoms with van der Waals surface area (Å²) in [5, 5.41) is 0. The Balaban J connectivity index is 0.00000176. The molecule has 0 radical (unpaired) electrons. The topological polar surface area (TPSA) is 3.88 Å². The molecule has 0 aliphatic carbocycles. The fourth-order valence-corrected chi connectivity index (χ4v) is 2.59. The van der Waals surface area contributed by atoms with Crippen molar-refractivity contribution in [3.05, 3.63) is 102 Å². The number of halogens is 1. The standard InChI is InChI=1S/C20H20N.BrH/c1-17(19-10-6-3-7-11-19)20-12-14-21(15-13-20)16-18-8-4-2-5-9-18;/h2-15,17H,16H2,1H3;1H/q+1;/p-1. The van der Waals surface area contributed by atoms with E-state index in [9.17, 15) is 0 Å². The maximum Gasteiger partial charge on any atom is 0.173 e. The molecule has 1 aromatic heterocycles. The van der Waals surface area contributed by atoms with Gasteiger partial charge in [-0.05, 0) is 11.1 Å². The van der Waals surface area contributed by atoms with Crippen LogP contribution in [0.2, 0.25) is 0 Å². The Morgan fingerprint density at radius 1 is 0.727 bits per heavy atom. The van der Waals surface area contributed by atoms with Gasteiger partial charge in [0.15, 0.2) is 18.9 Å². The Morgan fingerprint density at radius 3 is 1.82 bits per heavy atom. The Bertz CT molecular complexity index is 678. The highest BCUT2D eigenvalue weighted by Crippen LogP contribution is 2.22. The lowest BCUT2D eigenvalue weighted by atomic mass is 9.94. The lowest BCUT2D eigenvalue weighted by Gasteiger charge is -2.11. The monoisotopic (exact) mass is 353 g/mol. The molecule has 0 spiro atoms. The molecule has 112 valence electrons. The van der Waals surface area contributed by atoms with Crippen LogP contribution in [0.1, 0.15) is 29.5 Å². The van der Waals surface area contributed by atoms with Crippen LogP contribution in [0.25, 0.3) is 0 Å². The van der Waals surface area contributed by atoms with Crippen molar-refractivity contribution in [3.63, 3.8) is 0 Å². The van der Waals surface area contributed by atoms with Gasteiger partial charge in [-0.3, -0.25) is 0 Å². The van der Waals surface area contributed by atoms with E-state index in [0.717, 1.165) is 6.54 Å². The van der Waals surface area contributed by atoms with Crippen molar-refractivity contribution in [2.24, 2.45) is 0 Å². The molecule has 1 nitrogen and oxygen atoms in total. The maximum atomic E-state index is 2.26. The molecule has 1 atom stereocenters. The summed E-state index contributed by atoms with van der Waals surface area (Å²) >= 11 is 0. The summed E-state index contributed by atoms with van der Waals surface area (Å²) in [6, 6.07) is 25.6. The third kappa shape index (κ3) is 4.05. The number of aromatic nitrogens is 1. The first-order chi connectivity index (χ1) is 10.3. The lowest BCUT2D eigenvalue weighted by Crippen LogP contribution is -3.00. The molecule has 0 amide bonds. The van der Waals surface area contributed by atoms with Crippen LogP contribution in [-0.4, -0.2) is 0 Å². The molecule has 0 fully saturated rings. The van der Waals surface area contributed by atoms with Crippen molar-refractivity contribution in [3.8, 4) is 0 Å². The molecule has 1 heterocycles. The van der Waals surface area contributed by atoms with Crippen LogP contribution in [0, 0.1) is 0 Å². The quantitative estimate of drug-likeness (QED) is 0.620. The van der Waals surface area contributed by atoms with Gasteiger partial charge in [-0.1, -0.05) is 67.6 Å². The van der Waals surface area contributed by atoms with E-state index in [1.54, 1.807) is 0 Å². The number of nitrogens with zero attached hydrogens (tertiary/aromatic N) is 1. The van der Waals surface area contributed by atoms with E-state index in [2.05, 4.69) is 96.7 Å². The molecule has 3 aromatic rings. The predicted molar refractivity (Wildman–Crippen MR) is 86.1 cm³/mol. The number of benzene rings is 2. The van der Waals surface area contributed by atoms with E-state index in [4.69, 9.17) is 0 Å². The summed E-state index contributed by atoms with van der Waals surface area (Å²) in [5.74, 6) is 0.428. The zero-order valence-corrected chi connectivity index (χ0v) is 14.3. The average molecular weight is 354 g/mol. The van der Waals surface area contributed by atoms with Gasteiger partial charge in [0.1, 0.15) is 0 Å². The zero-order valence-electron chi connectivity index (χ0n) is 12.7. The average Bonchev–Trinajstić information content (AvgIpc) is 2.57. The number of rotatable bonds is 4. The molecule has 0 aliphatic rings. The number of hydrogen-bond donors (Lipinski definition) is 0. The Morgan fingerprint density at radius 2 is 1.23 bits per heavy atom. The van der Waals surface area contributed by atoms with Crippen LogP contribution in [0.3, 0.4) is 0 Å². The molecule has 0 saturated carbocycles. The highest BCUT2D eigenvalue weighted by atomic mass is 79.9. The molecule has 22 heavy (non-hydrogen) atoms. The van der Waals surface area contributed by atoms with Crippen molar-refractivity contribution in [2.45, 2.75) is 19.4 Å². The van der Waals surface area contributed by atoms with Gasteiger partial charge < -0.3 is 17.0 Å². The van der Waals surface area contributed by atoms with Crippen LogP contribution in [0.5, 0.6) is 0 Å². The molecular formula is C20H20BrN. The van der Waals surface area contributed by atoms with Gasteiger partial charge >= 0.3 is 0 Å². The van der Waals surface area contributed by atoms with Crippen LogP contribution in [0.15, 0.2) is 85.2 Å². The first-order valence-corrected chi connectivity index (χ1v) is 7.41. The molecule has 0 N–H and O–H groups in total. The summed E-state index contributed by atoms with van der Waals surface area (Å²) in [7, 11) is 0. The van der Waals surface area contributed by atoms with Crippen molar-refractivity contribution in [1.82, 2.24) is 0 Å². The van der Waals surface area contributed by atoms with Gasteiger partial charge in [-0.15, -0.1) is 0 Å². The summed E-state index contributed by atoms with van der Waals surface area (Å²) in [6.07, 6.45) is 4.34. The number of pyridine rings is 1. The first-order valence-electron chi connectivity index (χ1n) is 7.41. The summed E-state index contributed by atoms with van der Waals surface area (Å²) in [6.45, 7) is 3.17. The third-order valence-electron chi connectivity index (χ3n) is 3.92. The van der Waals surface area contributed by atoms with Gasteiger partial charge in [0, 0.05) is 23.6 Å². The van der Waals surface area contributed by atoms with Crippen molar-refractivity contribution in [1.29, 1.82) is 0 Å². The van der Waals surface area contributed by atoms with Crippen LogP contribution >= 0.6 is 0 Å². The van der Waals surface area contributed by atoms with Gasteiger partial charge in [0.05, 0.1) is 0 Å². The van der Waals surface area contributed by atoms with Gasteiger partial charge in [-0.25, -0.2) is 4.57 Å². The highest BCUT2D eigenvalue weighted by Gasteiger charge is 2.10. The summed E-state index contributed by atoms with van der Waals surface area (Å²) in [5.41, 5.74) is 4.04. The minimum Gasteiger partial charge on any atom is -1.00 e. The van der Waals surface area contributed by atoms with E-state index < -0.39 is 0 Å². The normalized spacial score (nSPS) is 11.5. The van der Waals surface area contributed by atoms with E-state index in [1.807, 2.05) is 0 Å². The lowest BCUT2D eigenvalue weighted by molar-refractivity contribution is -0.688. The third-order valence-corrected chi connectivity index (χ3v) is 3.92. The van der Waals surface area contributed by atoms with E-state index in [0.29, 0.717) is 5.92 Å². The number of hydrogen-bond acceptors (Lipinski definition) is 0. The van der Waals surface area contributed by atoms with Crippen LogP contribution in [0.4, 0.5) is 0 Å². The SMILES string of the molecule is CC(c1ccccc1)c1cc[n+](Cc2ccccc2)cc1.[Br-]. The maximum absolute atomic E-state index is 2.26. The van der Waals surface area contributed by atoms with Gasteiger partial charge in [0.25, 0.3) is 0 Å². The fourth-order valence-electron chi connectivity index (χ4n) is 2.59. The molecule has 0 saturated heterocycles. The minimum absolute atomic E-state index is 0. The highest BCUT2D eigenvalue weighted by molar-refractivity contribution is 5.29. The second kappa shape index (κ2) is 7.90. The summed E-state index contributed by atoms with van der Waals surface area (Å²) in [4.78, 5) is 0. The Kier molecular flexibility index (Phi) is 5.91. The molecule has 0 bridgehead atoms. The smallest absolute Gasteiger partial charge is 0.173 e. The molecule has 2 heteroatoms. The van der Waals surface area contributed by atoms with Crippen molar-refractivity contribution < 1.29 is 21.5 Å². The van der Waals surface area contributed by atoms with Gasteiger partial charge in [-0.2, -0.15) is 0 Å². The fraction of sp³-hybridized carbons (Fsp3) is 0.150. The molecule has 1 unspecified atom stereocenters. The predicted octanol–water partition coefficient (Wildman–Crippen LogP) is 1.18. The van der Waals surface area contributed by atoms with Crippen LogP contribution < -0.4 is 21.5 Å². The largest absolute Gasteiger partial charge is 1.00 e. The van der Waals surface area contributed by atoms with Crippen molar-refractivity contribution in [2.75, 3.05) is 0 Å². The minimum atomic E-state index is 0. The van der Waals surface area contributed by atoms with Crippen molar-refractivity contribution >= 4 is 0 Å². The Hall–Kier alpha value is -1.93. The van der Waals surface area contributed by atoms with E-state index >= 15 is 0 Å². The molecule has 0 aliphatic heterocycles. The van der Waals surface area contributed by atoms with Crippen LogP contribution in [-0.2, 0) is 6.54 Å². The van der Waals surface area contributed by atoms with E-state index in [-0.39, 0.29) is 17.0 Å². The zero-order chi connectivity index (χ0) is 14.5.